The second-order valence-electron chi connectivity index (χ2n) is 6.97. The van der Waals surface area contributed by atoms with Crippen LogP contribution in [0, 0.1) is 0 Å². The fraction of sp³-hybridized carbons (Fsp3) is 0.556. The Labute approximate surface area is 143 Å². The average molecular weight is 347 g/mol. The number of carbonyl (C=O) groups is 1. The number of H-pyrrole nitrogens is 1. The third-order valence-corrected chi connectivity index (χ3v) is 9.96. The number of hydrogen-bond acceptors (Lipinski definition) is 3. The molecule has 4 rings (SSSR count). The van der Waals surface area contributed by atoms with Gasteiger partial charge in [-0.25, -0.2) is 10.0 Å². The van der Waals surface area contributed by atoms with Crippen molar-refractivity contribution in [2.75, 3.05) is 30.1 Å². The lowest BCUT2D eigenvalue weighted by atomic mass is 10.1. The molecule has 2 fully saturated rings. The van der Waals surface area contributed by atoms with Gasteiger partial charge in [-0.15, -0.1) is 0 Å². The zero-order valence-electron chi connectivity index (χ0n) is 14.1. The van der Waals surface area contributed by atoms with E-state index in [1.165, 1.54) is 35.9 Å². The number of pyridine rings is 1. The second kappa shape index (κ2) is 6.31. The molecule has 1 amide bonds. The van der Waals surface area contributed by atoms with Gasteiger partial charge in [0.05, 0.1) is 7.11 Å². The quantitative estimate of drug-likeness (QED) is 0.897. The van der Waals surface area contributed by atoms with Crippen LogP contribution in [-0.2, 0) is 0 Å². The number of nitrogens with zero attached hydrogens (tertiary/aromatic N) is 1. The lowest BCUT2D eigenvalue weighted by molar-refractivity contribution is 0.0930. The van der Waals surface area contributed by atoms with Crippen molar-refractivity contribution in [2.45, 2.75) is 31.7 Å². The lowest BCUT2D eigenvalue weighted by Crippen LogP contribution is -2.40. The third-order valence-electron chi connectivity index (χ3n) is 5.45. The topological polar surface area (TPSA) is 67.0 Å². The maximum Gasteiger partial charge on any atom is 0.267 e. The fourth-order valence-corrected chi connectivity index (χ4v) is 8.42. The number of hydrogen-bond donors (Lipinski definition) is 2. The zero-order chi connectivity index (χ0) is 16.6. The molecule has 0 aromatic carbocycles. The van der Waals surface area contributed by atoms with Gasteiger partial charge in [-0.2, -0.15) is 4.98 Å². The number of carbonyl (C=O) groups excluding carboxylic acids is 1. The Morgan fingerprint density at radius 1 is 1.25 bits per heavy atom. The minimum atomic E-state index is -0.307. The first-order valence-electron chi connectivity index (χ1n) is 8.76. The molecule has 2 N–H and O–H groups in total. The molecule has 2 saturated heterocycles. The second-order valence-corrected chi connectivity index (χ2v) is 11.1. The van der Waals surface area contributed by atoms with Crippen LogP contribution in [0.3, 0.4) is 0 Å². The molecule has 0 aliphatic carbocycles. The summed E-state index contributed by atoms with van der Waals surface area (Å²) in [6.45, 7) is 0. The molecule has 2 aliphatic heterocycles. The Bertz CT molecular complexity index is 742. The maximum absolute atomic E-state index is 12.6. The van der Waals surface area contributed by atoms with E-state index in [9.17, 15) is 4.79 Å². The van der Waals surface area contributed by atoms with Crippen LogP contribution < -0.4 is 10.1 Å². The van der Waals surface area contributed by atoms with E-state index in [2.05, 4.69) is 15.3 Å². The van der Waals surface area contributed by atoms with Crippen LogP contribution in [0.25, 0.3) is 11.0 Å². The van der Waals surface area contributed by atoms with E-state index in [1.54, 1.807) is 7.11 Å². The molecule has 2 aliphatic rings. The first-order valence-corrected chi connectivity index (χ1v) is 11.1. The highest BCUT2D eigenvalue weighted by molar-refractivity contribution is 8.33. The van der Waals surface area contributed by atoms with Gasteiger partial charge in [-0.3, -0.25) is 4.79 Å². The fourth-order valence-electron chi connectivity index (χ4n) is 3.99. The average Bonchev–Trinajstić information content (AvgIpc) is 3.23. The standard InChI is InChI=1S/C18H25N3O2S/c1-23-16-5-4-13-12-15(20-17(13)21-16)18(22)19-14-6-10-24(11-7-14)8-2-3-9-24/h4-5,12,14H,2-3,6-11H2,1H3,(H,19,22)(H,20,21). The molecule has 2 aromatic rings. The van der Waals surface area contributed by atoms with Crippen LogP contribution >= 0.6 is 10.0 Å². The molecule has 0 atom stereocenters. The minimum absolute atomic E-state index is 0.0191. The number of fused-ring (bicyclic) bond motifs is 1. The number of aromatic nitrogens is 2. The minimum Gasteiger partial charge on any atom is -0.481 e. The predicted molar refractivity (Wildman–Crippen MR) is 99.4 cm³/mol. The van der Waals surface area contributed by atoms with Gasteiger partial charge in [-0.1, -0.05) is 0 Å². The maximum atomic E-state index is 12.6. The molecule has 4 heterocycles. The van der Waals surface area contributed by atoms with Crippen LogP contribution in [0.15, 0.2) is 18.2 Å². The van der Waals surface area contributed by atoms with E-state index in [0.717, 1.165) is 18.2 Å². The Morgan fingerprint density at radius 2 is 2.00 bits per heavy atom. The number of nitrogens with one attached hydrogen (secondary N) is 2. The summed E-state index contributed by atoms with van der Waals surface area (Å²) in [6, 6.07) is 5.92. The van der Waals surface area contributed by atoms with Crippen LogP contribution in [0.1, 0.15) is 36.2 Å². The van der Waals surface area contributed by atoms with Gasteiger partial charge in [0.25, 0.3) is 5.91 Å². The number of amides is 1. The van der Waals surface area contributed by atoms with Crippen LogP contribution in [0.2, 0.25) is 0 Å². The van der Waals surface area contributed by atoms with Gasteiger partial charge in [-0.05, 0) is 60.8 Å². The van der Waals surface area contributed by atoms with Crippen molar-refractivity contribution < 1.29 is 9.53 Å². The summed E-state index contributed by atoms with van der Waals surface area (Å²) < 4.78 is 5.13. The summed E-state index contributed by atoms with van der Waals surface area (Å²) in [5, 5.41) is 4.14. The number of aromatic amines is 1. The van der Waals surface area contributed by atoms with Crippen molar-refractivity contribution in [1.82, 2.24) is 15.3 Å². The summed E-state index contributed by atoms with van der Waals surface area (Å²) in [7, 11) is 1.28. The normalized spacial score (nSPS) is 21.9. The summed E-state index contributed by atoms with van der Waals surface area (Å²) in [6.07, 6.45) is 5.15. The van der Waals surface area contributed by atoms with Crippen molar-refractivity contribution in [3.63, 3.8) is 0 Å². The highest BCUT2D eigenvalue weighted by atomic mass is 32.3. The molecule has 5 nitrogen and oxygen atoms in total. The Balaban J connectivity index is 1.41. The van der Waals surface area contributed by atoms with Crippen molar-refractivity contribution >= 4 is 27.0 Å². The van der Waals surface area contributed by atoms with Crippen molar-refractivity contribution in [3.8, 4) is 5.88 Å². The van der Waals surface area contributed by atoms with E-state index in [1.807, 2.05) is 18.2 Å². The molecule has 0 unspecified atom stereocenters. The molecule has 0 saturated carbocycles. The molecule has 130 valence electrons. The number of ether oxygens (including phenoxy) is 1. The molecular formula is C18H25N3O2S. The molecule has 1 spiro atoms. The van der Waals surface area contributed by atoms with Gasteiger partial charge < -0.3 is 15.0 Å². The largest absolute Gasteiger partial charge is 0.481 e. The van der Waals surface area contributed by atoms with Crippen molar-refractivity contribution in [3.05, 3.63) is 23.9 Å². The molecule has 0 bridgehead atoms. The van der Waals surface area contributed by atoms with Crippen LogP contribution in [-0.4, -0.2) is 52.0 Å². The monoisotopic (exact) mass is 347 g/mol. The summed E-state index contributed by atoms with van der Waals surface area (Å²) in [5.74, 6) is 6.18. The molecular weight excluding hydrogens is 322 g/mol. The van der Waals surface area contributed by atoms with E-state index < -0.39 is 0 Å². The van der Waals surface area contributed by atoms with E-state index in [0.29, 0.717) is 23.3 Å². The lowest BCUT2D eigenvalue weighted by Gasteiger charge is -2.42. The smallest absolute Gasteiger partial charge is 0.267 e. The first-order chi connectivity index (χ1) is 11.7. The highest BCUT2D eigenvalue weighted by Gasteiger charge is 2.33. The summed E-state index contributed by atoms with van der Waals surface area (Å²) in [4.78, 5) is 20.0. The van der Waals surface area contributed by atoms with Gasteiger partial charge in [0.15, 0.2) is 0 Å². The van der Waals surface area contributed by atoms with Crippen molar-refractivity contribution in [2.24, 2.45) is 0 Å². The Morgan fingerprint density at radius 3 is 2.71 bits per heavy atom. The van der Waals surface area contributed by atoms with Crippen LogP contribution in [0.4, 0.5) is 0 Å². The molecule has 6 heteroatoms. The van der Waals surface area contributed by atoms with E-state index in [4.69, 9.17) is 4.74 Å². The van der Waals surface area contributed by atoms with Gasteiger partial charge in [0.2, 0.25) is 5.88 Å². The number of methoxy groups -OCH3 is 1. The van der Waals surface area contributed by atoms with E-state index >= 15 is 0 Å². The van der Waals surface area contributed by atoms with E-state index in [-0.39, 0.29) is 15.9 Å². The zero-order valence-corrected chi connectivity index (χ0v) is 15.0. The third kappa shape index (κ3) is 2.99. The first kappa shape index (κ1) is 15.8. The number of rotatable bonds is 3. The van der Waals surface area contributed by atoms with Gasteiger partial charge in [0, 0.05) is 17.5 Å². The Kier molecular flexibility index (Phi) is 4.16. The summed E-state index contributed by atoms with van der Waals surface area (Å²) in [5.41, 5.74) is 1.27. The van der Waals surface area contributed by atoms with Gasteiger partial charge in [0.1, 0.15) is 11.3 Å². The molecule has 24 heavy (non-hydrogen) atoms. The van der Waals surface area contributed by atoms with Crippen LogP contribution in [0.5, 0.6) is 5.88 Å². The highest BCUT2D eigenvalue weighted by Crippen LogP contribution is 2.57. The predicted octanol–water partition coefficient (Wildman–Crippen LogP) is 3.06. The summed E-state index contributed by atoms with van der Waals surface area (Å²) >= 11 is 0. The molecule has 2 aromatic heterocycles. The SMILES string of the molecule is COc1ccc2cc(C(=O)NC3CCS4(CCCC4)CC3)[nH]c2n1. The Hall–Kier alpha value is -1.69. The molecule has 0 radical (unpaired) electrons. The van der Waals surface area contributed by atoms with Crippen molar-refractivity contribution in [1.29, 1.82) is 0 Å². The van der Waals surface area contributed by atoms with Gasteiger partial charge >= 0.3 is 0 Å².